The second-order valence-corrected chi connectivity index (χ2v) is 5.82. The molecule has 2 heterocycles. The molecule has 0 saturated heterocycles. The molecule has 0 unspecified atom stereocenters. The van der Waals surface area contributed by atoms with Crippen LogP contribution in [0.4, 0.5) is 0 Å². The Morgan fingerprint density at radius 2 is 2.15 bits per heavy atom. The van der Waals surface area contributed by atoms with Crippen LogP contribution in [0.25, 0.3) is 11.6 Å². The molecular weight excluding hydrogens is 254 g/mol. The molecule has 0 aromatic carbocycles. The van der Waals surface area contributed by atoms with Gasteiger partial charge in [-0.1, -0.05) is 24.4 Å². The van der Waals surface area contributed by atoms with Crippen molar-refractivity contribution >= 4 is 0 Å². The highest BCUT2D eigenvalue weighted by atomic mass is 16.5. The van der Waals surface area contributed by atoms with Crippen LogP contribution in [-0.4, -0.2) is 26.2 Å². The highest BCUT2D eigenvalue weighted by Crippen LogP contribution is 2.38. The first-order chi connectivity index (χ1) is 9.72. The summed E-state index contributed by atoms with van der Waals surface area (Å²) in [6, 6.07) is 0. The maximum Gasteiger partial charge on any atom is 0.238 e. The van der Waals surface area contributed by atoms with E-state index in [-0.39, 0.29) is 5.41 Å². The zero-order valence-corrected chi connectivity index (χ0v) is 11.9. The number of hydrogen-bond donors (Lipinski definition) is 1. The maximum absolute atomic E-state index is 6.01. The van der Waals surface area contributed by atoms with Crippen molar-refractivity contribution in [2.45, 2.75) is 38.5 Å². The van der Waals surface area contributed by atoms with Gasteiger partial charge in [0.25, 0.3) is 0 Å². The van der Waals surface area contributed by atoms with E-state index in [0.717, 1.165) is 25.1 Å². The van der Waals surface area contributed by atoms with Gasteiger partial charge in [0.05, 0.1) is 0 Å². The maximum atomic E-state index is 6.01. The SMILES string of the molecule is Cn1ccnc1-c1noc(CC2(CN)CCCCC2)n1. The lowest BCUT2D eigenvalue weighted by molar-refractivity contribution is 0.177. The minimum Gasteiger partial charge on any atom is -0.339 e. The Morgan fingerprint density at radius 1 is 1.35 bits per heavy atom. The zero-order chi connectivity index (χ0) is 14.0. The van der Waals surface area contributed by atoms with Gasteiger partial charge in [-0.3, -0.25) is 0 Å². The van der Waals surface area contributed by atoms with Gasteiger partial charge in [0.1, 0.15) is 0 Å². The number of aryl methyl sites for hydroxylation is 1. The van der Waals surface area contributed by atoms with Crippen LogP contribution in [0.1, 0.15) is 38.0 Å². The quantitative estimate of drug-likeness (QED) is 0.921. The van der Waals surface area contributed by atoms with Crippen molar-refractivity contribution in [3.63, 3.8) is 0 Å². The van der Waals surface area contributed by atoms with E-state index in [0.29, 0.717) is 18.3 Å². The van der Waals surface area contributed by atoms with E-state index in [1.807, 2.05) is 17.8 Å². The lowest BCUT2D eigenvalue weighted by Gasteiger charge is -2.34. The Hall–Kier alpha value is -1.69. The fraction of sp³-hybridized carbons (Fsp3) is 0.643. The summed E-state index contributed by atoms with van der Waals surface area (Å²) in [5, 5.41) is 4.04. The molecule has 6 nitrogen and oxygen atoms in total. The zero-order valence-electron chi connectivity index (χ0n) is 11.9. The summed E-state index contributed by atoms with van der Waals surface area (Å²) in [7, 11) is 1.92. The predicted molar refractivity (Wildman–Crippen MR) is 74.8 cm³/mol. The van der Waals surface area contributed by atoms with E-state index in [4.69, 9.17) is 10.3 Å². The Bertz CT molecular complexity index is 568. The molecule has 3 rings (SSSR count). The summed E-state index contributed by atoms with van der Waals surface area (Å²) in [6.45, 7) is 0.688. The van der Waals surface area contributed by atoms with E-state index in [2.05, 4.69) is 15.1 Å². The van der Waals surface area contributed by atoms with Crippen molar-refractivity contribution in [3.05, 3.63) is 18.3 Å². The van der Waals surface area contributed by atoms with Crippen LogP contribution in [0.3, 0.4) is 0 Å². The Labute approximate surface area is 118 Å². The molecule has 0 spiro atoms. The standard InChI is InChI=1S/C14H21N5O/c1-19-8-7-16-13(19)12-17-11(20-18-12)9-14(10-15)5-3-2-4-6-14/h7-8H,2-6,9-10,15H2,1H3. The third-order valence-electron chi connectivity index (χ3n) is 4.36. The van der Waals surface area contributed by atoms with Crippen molar-refractivity contribution in [2.75, 3.05) is 6.54 Å². The molecule has 2 N–H and O–H groups in total. The number of nitrogens with zero attached hydrogens (tertiary/aromatic N) is 4. The highest BCUT2D eigenvalue weighted by Gasteiger charge is 2.33. The Kier molecular flexibility index (Phi) is 3.56. The first kappa shape index (κ1) is 13.3. The molecule has 20 heavy (non-hydrogen) atoms. The van der Waals surface area contributed by atoms with Crippen molar-refractivity contribution in [2.24, 2.45) is 18.2 Å². The van der Waals surface area contributed by atoms with Crippen LogP contribution in [0, 0.1) is 5.41 Å². The van der Waals surface area contributed by atoms with Gasteiger partial charge in [-0.05, 0) is 24.8 Å². The molecule has 2 aromatic rings. The van der Waals surface area contributed by atoms with E-state index < -0.39 is 0 Å². The first-order valence-corrected chi connectivity index (χ1v) is 7.23. The minimum atomic E-state index is 0.143. The van der Waals surface area contributed by atoms with Gasteiger partial charge >= 0.3 is 0 Å². The molecule has 1 aliphatic rings. The molecular formula is C14H21N5O. The summed E-state index contributed by atoms with van der Waals surface area (Å²) in [6.07, 6.45) is 10.5. The Balaban J connectivity index is 1.78. The van der Waals surface area contributed by atoms with Crippen LogP contribution >= 0.6 is 0 Å². The second kappa shape index (κ2) is 5.36. The third-order valence-corrected chi connectivity index (χ3v) is 4.36. The van der Waals surface area contributed by atoms with E-state index >= 15 is 0 Å². The van der Waals surface area contributed by atoms with Crippen LogP contribution in [0.5, 0.6) is 0 Å². The topological polar surface area (TPSA) is 82.8 Å². The second-order valence-electron chi connectivity index (χ2n) is 5.82. The number of imidazole rings is 1. The average Bonchev–Trinajstić information content (AvgIpc) is 3.08. The monoisotopic (exact) mass is 275 g/mol. The lowest BCUT2D eigenvalue weighted by atomic mass is 9.72. The normalized spacial score (nSPS) is 18.3. The summed E-state index contributed by atoms with van der Waals surface area (Å²) in [4.78, 5) is 8.72. The minimum absolute atomic E-state index is 0.143. The Morgan fingerprint density at radius 3 is 2.80 bits per heavy atom. The summed E-state index contributed by atoms with van der Waals surface area (Å²) in [5.74, 6) is 1.95. The summed E-state index contributed by atoms with van der Waals surface area (Å²) < 4.78 is 7.29. The molecule has 2 aromatic heterocycles. The molecule has 1 saturated carbocycles. The van der Waals surface area contributed by atoms with Crippen molar-refractivity contribution in [1.82, 2.24) is 19.7 Å². The smallest absolute Gasteiger partial charge is 0.238 e. The number of aromatic nitrogens is 4. The molecule has 1 aliphatic carbocycles. The molecule has 108 valence electrons. The van der Waals surface area contributed by atoms with Crippen LogP contribution in [0.15, 0.2) is 16.9 Å². The van der Waals surface area contributed by atoms with E-state index in [1.165, 1.54) is 19.3 Å². The number of hydrogen-bond acceptors (Lipinski definition) is 5. The van der Waals surface area contributed by atoms with Gasteiger partial charge in [0, 0.05) is 25.9 Å². The fourth-order valence-corrected chi connectivity index (χ4v) is 3.07. The molecule has 6 heteroatoms. The van der Waals surface area contributed by atoms with Crippen molar-refractivity contribution in [3.8, 4) is 11.6 Å². The number of nitrogens with two attached hydrogens (primary N) is 1. The van der Waals surface area contributed by atoms with Crippen LogP contribution in [0.2, 0.25) is 0 Å². The van der Waals surface area contributed by atoms with Crippen LogP contribution < -0.4 is 5.73 Å². The predicted octanol–water partition coefficient (Wildman–Crippen LogP) is 1.92. The highest BCUT2D eigenvalue weighted by molar-refractivity contribution is 5.42. The molecule has 0 bridgehead atoms. The van der Waals surface area contributed by atoms with Crippen molar-refractivity contribution < 1.29 is 4.52 Å². The number of rotatable bonds is 4. The van der Waals surface area contributed by atoms with Crippen molar-refractivity contribution in [1.29, 1.82) is 0 Å². The van der Waals surface area contributed by atoms with Gasteiger partial charge in [-0.2, -0.15) is 4.98 Å². The summed E-state index contributed by atoms with van der Waals surface area (Å²) >= 11 is 0. The van der Waals surface area contributed by atoms with Gasteiger partial charge in [-0.15, -0.1) is 0 Å². The first-order valence-electron chi connectivity index (χ1n) is 7.23. The molecule has 1 fully saturated rings. The third kappa shape index (κ3) is 2.47. The molecule has 0 atom stereocenters. The molecule has 0 aliphatic heterocycles. The average molecular weight is 275 g/mol. The van der Waals surface area contributed by atoms with E-state index in [1.54, 1.807) is 6.20 Å². The van der Waals surface area contributed by atoms with Gasteiger partial charge < -0.3 is 14.8 Å². The van der Waals surface area contributed by atoms with E-state index in [9.17, 15) is 0 Å². The fourth-order valence-electron chi connectivity index (χ4n) is 3.07. The van der Waals surface area contributed by atoms with Crippen LogP contribution in [-0.2, 0) is 13.5 Å². The molecule has 0 radical (unpaired) electrons. The lowest BCUT2D eigenvalue weighted by Crippen LogP contribution is -2.35. The largest absolute Gasteiger partial charge is 0.339 e. The van der Waals surface area contributed by atoms with Gasteiger partial charge in [0.2, 0.25) is 11.7 Å². The van der Waals surface area contributed by atoms with Gasteiger partial charge in [0.15, 0.2) is 5.82 Å². The molecule has 0 amide bonds. The van der Waals surface area contributed by atoms with Gasteiger partial charge in [-0.25, -0.2) is 4.98 Å². The summed E-state index contributed by atoms with van der Waals surface area (Å²) in [5.41, 5.74) is 6.15.